The molecule has 0 aromatic heterocycles. The van der Waals surface area contributed by atoms with Crippen molar-refractivity contribution < 1.29 is 29.2 Å². The van der Waals surface area contributed by atoms with Crippen LogP contribution in [0.5, 0.6) is 28.7 Å². The smallest absolute Gasteiger partial charge is 0.204 e. The first-order chi connectivity index (χ1) is 11.5. The fourth-order valence-electron chi connectivity index (χ4n) is 2.84. The van der Waals surface area contributed by atoms with E-state index in [4.69, 9.17) is 14.2 Å². The van der Waals surface area contributed by atoms with Crippen LogP contribution in [0.15, 0.2) is 30.3 Å². The van der Waals surface area contributed by atoms with Crippen molar-refractivity contribution in [3.05, 3.63) is 41.5 Å². The lowest BCUT2D eigenvalue weighted by Gasteiger charge is -2.26. The van der Waals surface area contributed by atoms with Gasteiger partial charge in [-0.3, -0.25) is 4.79 Å². The molecule has 1 atom stereocenters. The van der Waals surface area contributed by atoms with Crippen LogP contribution in [0, 0.1) is 5.92 Å². The summed E-state index contributed by atoms with van der Waals surface area (Å²) in [6, 6.07) is 8.20. The average molecular weight is 330 g/mol. The molecule has 1 aliphatic rings. The van der Waals surface area contributed by atoms with Crippen LogP contribution in [0.3, 0.4) is 0 Å². The van der Waals surface area contributed by atoms with Crippen molar-refractivity contribution in [2.24, 2.45) is 5.92 Å². The summed E-state index contributed by atoms with van der Waals surface area (Å²) in [5.41, 5.74) is 1.01. The molecular formula is C18H18O6. The van der Waals surface area contributed by atoms with Crippen molar-refractivity contribution in [2.45, 2.75) is 6.42 Å². The summed E-state index contributed by atoms with van der Waals surface area (Å²) in [6.45, 7) is 0.210. The Kier molecular flexibility index (Phi) is 4.20. The van der Waals surface area contributed by atoms with E-state index in [2.05, 4.69) is 0 Å². The number of aromatic hydroxyl groups is 2. The van der Waals surface area contributed by atoms with E-state index >= 15 is 0 Å². The summed E-state index contributed by atoms with van der Waals surface area (Å²) in [6.07, 6.45) is 0.451. The first kappa shape index (κ1) is 16.0. The molecule has 2 aromatic carbocycles. The second-order valence-corrected chi connectivity index (χ2v) is 5.58. The van der Waals surface area contributed by atoms with E-state index in [1.165, 1.54) is 14.2 Å². The van der Waals surface area contributed by atoms with Crippen LogP contribution in [-0.2, 0) is 6.42 Å². The molecule has 0 amide bonds. The molecule has 2 aromatic rings. The zero-order valence-electron chi connectivity index (χ0n) is 13.4. The number of fused-ring (bicyclic) bond motifs is 1. The number of phenolic OH excluding ortho intramolecular Hbond substituents is 2. The van der Waals surface area contributed by atoms with Gasteiger partial charge in [0, 0.05) is 6.07 Å². The van der Waals surface area contributed by atoms with Gasteiger partial charge in [0.05, 0.1) is 26.7 Å². The Bertz CT molecular complexity index is 766. The highest BCUT2D eigenvalue weighted by Gasteiger charge is 2.34. The summed E-state index contributed by atoms with van der Waals surface area (Å²) in [5.74, 6) is -0.0278. The summed E-state index contributed by atoms with van der Waals surface area (Å²) < 4.78 is 15.9. The SMILES string of the molecule is COc1cc2c(c(O)c1OC)C(=O)C(Cc1ccc(O)cc1)CO2. The van der Waals surface area contributed by atoms with Crippen LogP contribution in [-0.4, -0.2) is 36.8 Å². The molecule has 0 spiro atoms. The predicted molar refractivity (Wildman–Crippen MR) is 86.3 cm³/mol. The van der Waals surface area contributed by atoms with Crippen LogP contribution in [0.25, 0.3) is 0 Å². The van der Waals surface area contributed by atoms with Gasteiger partial charge in [-0.2, -0.15) is 0 Å². The predicted octanol–water partition coefficient (Wildman–Crippen LogP) is 2.55. The van der Waals surface area contributed by atoms with Gasteiger partial charge in [0.15, 0.2) is 17.3 Å². The summed E-state index contributed by atoms with van der Waals surface area (Å²) in [5, 5.41) is 19.7. The van der Waals surface area contributed by atoms with Gasteiger partial charge in [-0.1, -0.05) is 12.1 Å². The molecule has 0 saturated carbocycles. The van der Waals surface area contributed by atoms with Crippen molar-refractivity contribution in [3.8, 4) is 28.7 Å². The van der Waals surface area contributed by atoms with Gasteiger partial charge in [0.1, 0.15) is 17.1 Å². The number of Topliss-reactive ketones (excluding diaryl/α,β-unsaturated/α-hetero) is 1. The van der Waals surface area contributed by atoms with E-state index in [1.807, 2.05) is 0 Å². The zero-order chi connectivity index (χ0) is 17.3. The highest BCUT2D eigenvalue weighted by atomic mass is 16.5. The summed E-state index contributed by atoms with van der Waals surface area (Å²) >= 11 is 0. The minimum atomic E-state index is -0.425. The Morgan fingerprint density at radius 2 is 1.88 bits per heavy atom. The highest BCUT2D eigenvalue weighted by molar-refractivity contribution is 6.05. The molecule has 2 N–H and O–H groups in total. The molecule has 6 nitrogen and oxygen atoms in total. The lowest BCUT2D eigenvalue weighted by atomic mass is 9.89. The van der Waals surface area contributed by atoms with E-state index in [-0.39, 0.29) is 41.0 Å². The Hall–Kier alpha value is -2.89. The molecular weight excluding hydrogens is 312 g/mol. The Balaban J connectivity index is 1.93. The monoisotopic (exact) mass is 330 g/mol. The maximum atomic E-state index is 12.8. The van der Waals surface area contributed by atoms with E-state index in [0.29, 0.717) is 12.2 Å². The lowest BCUT2D eigenvalue weighted by Crippen LogP contribution is -2.29. The molecule has 0 bridgehead atoms. The normalized spacial score (nSPS) is 16.2. The molecule has 126 valence electrons. The van der Waals surface area contributed by atoms with Gasteiger partial charge in [-0.15, -0.1) is 0 Å². The van der Waals surface area contributed by atoms with Crippen LogP contribution in [0.1, 0.15) is 15.9 Å². The zero-order valence-corrected chi connectivity index (χ0v) is 13.4. The number of hydrogen-bond donors (Lipinski definition) is 2. The minimum Gasteiger partial charge on any atom is -0.508 e. The van der Waals surface area contributed by atoms with E-state index < -0.39 is 5.92 Å². The number of ketones is 1. The Labute approximate surface area is 139 Å². The van der Waals surface area contributed by atoms with Crippen molar-refractivity contribution in [2.75, 3.05) is 20.8 Å². The average Bonchev–Trinajstić information content (AvgIpc) is 2.58. The molecule has 1 aliphatic heterocycles. The third-order valence-electron chi connectivity index (χ3n) is 4.08. The second kappa shape index (κ2) is 6.31. The van der Waals surface area contributed by atoms with Crippen molar-refractivity contribution in [1.82, 2.24) is 0 Å². The topological polar surface area (TPSA) is 85.2 Å². The number of ether oxygens (including phenoxy) is 3. The largest absolute Gasteiger partial charge is 0.508 e. The van der Waals surface area contributed by atoms with E-state index in [1.54, 1.807) is 30.3 Å². The number of phenols is 2. The molecule has 6 heteroatoms. The Morgan fingerprint density at radius 3 is 2.50 bits per heavy atom. The molecule has 0 fully saturated rings. The second-order valence-electron chi connectivity index (χ2n) is 5.58. The number of rotatable bonds is 4. The van der Waals surface area contributed by atoms with Crippen LogP contribution >= 0.6 is 0 Å². The maximum Gasteiger partial charge on any atom is 0.204 e. The maximum absolute atomic E-state index is 12.8. The van der Waals surface area contributed by atoms with Crippen molar-refractivity contribution in [3.63, 3.8) is 0 Å². The first-order valence-corrected chi connectivity index (χ1v) is 7.48. The van der Waals surface area contributed by atoms with E-state index in [0.717, 1.165) is 5.56 Å². The fraction of sp³-hybridized carbons (Fsp3) is 0.278. The number of carbonyl (C=O) groups is 1. The molecule has 0 aliphatic carbocycles. The van der Waals surface area contributed by atoms with Crippen LogP contribution < -0.4 is 14.2 Å². The van der Waals surface area contributed by atoms with Gasteiger partial charge in [-0.25, -0.2) is 0 Å². The quantitative estimate of drug-likeness (QED) is 0.896. The summed E-state index contributed by atoms with van der Waals surface area (Å²) in [7, 11) is 2.84. The van der Waals surface area contributed by atoms with E-state index in [9.17, 15) is 15.0 Å². The van der Waals surface area contributed by atoms with Gasteiger partial charge in [0.25, 0.3) is 0 Å². The lowest BCUT2D eigenvalue weighted by molar-refractivity contribution is 0.0824. The van der Waals surface area contributed by atoms with Crippen molar-refractivity contribution in [1.29, 1.82) is 0 Å². The number of hydrogen-bond acceptors (Lipinski definition) is 6. The highest BCUT2D eigenvalue weighted by Crippen LogP contribution is 2.47. The molecule has 1 heterocycles. The van der Waals surface area contributed by atoms with Crippen LogP contribution in [0.4, 0.5) is 0 Å². The molecule has 1 unspecified atom stereocenters. The minimum absolute atomic E-state index is 0.110. The number of carbonyl (C=O) groups excluding carboxylic acids is 1. The first-order valence-electron chi connectivity index (χ1n) is 7.48. The molecule has 0 radical (unpaired) electrons. The summed E-state index contributed by atoms with van der Waals surface area (Å²) in [4.78, 5) is 12.8. The van der Waals surface area contributed by atoms with Gasteiger partial charge >= 0.3 is 0 Å². The standard InChI is InChI=1S/C18H18O6/c1-22-14-8-13-15(17(21)18(14)23-2)16(20)11(9-24-13)7-10-3-5-12(19)6-4-10/h3-6,8,11,19,21H,7,9H2,1-2H3. The Morgan fingerprint density at radius 1 is 1.17 bits per heavy atom. The van der Waals surface area contributed by atoms with Gasteiger partial charge < -0.3 is 24.4 Å². The van der Waals surface area contributed by atoms with Crippen LogP contribution in [0.2, 0.25) is 0 Å². The van der Waals surface area contributed by atoms with Gasteiger partial charge in [0.2, 0.25) is 5.75 Å². The third kappa shape index (κ3) is 2.71. The third-order valence-corrected chi connectivity index (χ3v) is 4.08. The fourth-order valence-corrected chi connectivity index (χ4v) is 2.84. The number of benzene rings is 2. The molecule has 24 heavy (non-hydrogen) atoms. The van der Waals surface area contributed by atoms with Gasteiger partial charge in [-0.05, 0) is 24.1 Å². The van der Waals surface area contributed by atoms with Crippen molar-refractivity contribution >= 4 is 5.78 Å². The number of methoxy groups -OCH3 is 2. The molecule has 0 saturated heterocycles. The molecule has 3 rings (SSSR count).